The fraction of sp³-hybridized carbons (Fsp3) is 0.217. The van der Waals surface area contributed by atoms with Crippen molar-refractivity contribution < 1.29 is 14.3 Å². The average molecular weight is 404 g/mol. The van der Waals surface area contributed by atoms with E-state index >= 15 is 0 Å². The predicted molar refractivity (Wildman–Crippen MR) is 115 cm³/mol. The molecule has 0 fully saturated rings. The van der Waals surface area contributed by atoms with Gasteiger partial charge in [-0.15, -0.1) is 0 Å². The standard InChI is InChI=1S/C23H24N4O3/c1-15-12-16(2)26-21(13-15)27-22(28)9-6-17-4-7-18(8-5-17)30-19-10-11-25-20(14-19)23(29)24-3/h4-5,7-8,10-14H,6,9H2,1-3H3,(H,24,29)(H,26,27,28). The number of pyridine rings is 2. The third kappa shape index (κ3) is 5.88. The zero-order valence-corrected chi connectivity index (χ0v) is 17.2. The number of rotatable bonds is 7. The molecule has 30 heavy (non-hydrogen) atoms. The van der Waals surface area contributed by atoms with E-state index in [1.54, 1.807) is 19.2 Å². The molecule has 0 unspecified atom stereocenters. The van der Waals surface area contributed by atoms with Crippen molar-refractivity contribution in [3.63, 3.8) is 0 Å². The van der Waals surface area contributed by atoms with E-state index in [4.69, 9.17) is 4.74 Å². The van der Waals surface area contributed by atoms with E-state index in [0.717, 1.165) is 16.8 Å². The van der Waals surface area contributed by atoms with Crippen molar-refractivity contribution in [3.05, 3.63) is 77.2 Å². The summed E-state index contributed by atoms with van der Waals surface area (Å²) in [6.45, 7) is 3.87. The van der Waals surface area contributed by atoms with Crippen LogP contribution in [-0.2, 0) is 11.2 Å². The smallest absolute Gasteiger partial charge is 0.269 e. The maximum Gasteiger partial charge on any atom is 0.269 e. The molecule has 0 atom stereocenters. The summed E-state index contributed by atoms with van der Waals surface area (Å²) in [6, 6.07) is 14.6. The lowest BCUT2D eigenvalue weighted by molar-refractivity contribution is -0.116. The van der Waals surface area contributed by atoms with Crippen molar-refractivity contribution in [3.8, 4) is 11.5 Å². The first-order valence-electron chi connectivity index (χ1n) is 9.63. The van der Waals surface area contributed by atoms with E-state index in [1.165, 1.54) is 6.20 Å². The second kappa shape index (κ2) is 9.65. The van der Waals surface area contributed by atoms with Gasteiger partial charge < -0.3 is 15.4 Å². The molecule has 0 aliphatic carbocycles. The SMILES string of the molecule is CNC(=O)c1cc(Oc2ccc(CCC(=O)Nc3cc(C)cc(C)n3)cc2)ccn1. The lowest BCUT2D eigenvalue weighted by Crippen LogP contribution is -2.18. The number of ether oxygens (including phenoxy) is 1. The molecule has 1 aromatic carbocycles. The Hall–Kier alpha value is -3.74. The molecule has 2 heterocycles. The highest BCUT2D eigenvalue weighted by molar-refractivity contribution is 5.92. The highest BCUT2D eigenvalue weighted by Gasteiger charge is 2.08. The summed E-state index contributed by atoms with van der Waals surface area (Å²) in [4.78, 5) is 32.2. The van der Waals surface area contributed by atoms with Crippen LogP contribution in [0.25, 0.3) is 0 Å². The van der Waals surface area contributed by atoms with Crippen LogP contribution in [0.2, 0.25) is 0 Å². The maximum atomic E-state index is 12.2. The van der Waals surface area contributed by atoms with Gasteiger partial charge in [-0.2, -0.15) is 0 Å². The van der Waals surface area contributed by atoms with Gasteiger partial charge in [0.05, 0.1) is 0 Å². The minimum absolute atomic E-state index is 0.0775. The summed E-state index contributed by atoms with van der Waals surface area (Å²) in [5.74, 6) is 1.39. The number of aromatic nitrogens is 2. The molecule has 0 radical (unpaired) electrons. The lowest BCUT2D eigenvalue weighted by Gasteiger charge is -2.09. The minimum Gasteiger partial charge on any atom is -0.457 e. The highest BCUT2D eigenvalue weighted by Crippen LogP contribution is 2.22. The van der Waals surface area contributed by atoms with E-state index in [1.807, 2.05) is 50.2 Å². The second-order valence-corrected chi connectivity index (χ2v) is 6.92. The zero-order valence-electron chi connectivity index (χ0n) is 17.2. The van der Waals surface area contributed by atoms with Gasteiger partial charge in [-0.25, -0.2) is 4.98 Å². The maximum absolute atomic E-state index is 12.2. The zero-order chi connectivity index (χ0) is 21.5. The van der Waals surface area contributed by atoms with Crippen LogP contribution in [0.1, 0.15) is 33.7 Å². The normalized spacial score (nSPS) is 10.4. The van der Waals surface area contributed by atoms with Gasteiger partial charge in [0.15, 0.2) is 0 Å². The predicted octanol–water partition coefficient (Wildman–Crippen LogP) is 3.82. The summed E-state index contributed by atoms with van der Waals surface area (Å²) in [7, 11) is 1.55. The van der Waals surface area contributed by atoms with Gasteiger partial charge in [-0.05, 0) is 61.7 Å². The molecule has 2 N–H and O–H groups in total. The van der Waals surface area contributed by atoms with Crippen molar-refractivity contribution in [1.82, 2.24) is 15.3 Å². The number of nitrogens with one attached hydrogen (secondary N) is 2. The van der Waals surface area contributed by atoms with E-state index in [2.05, 4.69) is 20.6 Å². The molecule has 7 nitrogen and oxygen atoms in total. The van der Waals surface area contributed by atoms with E-state index in [0.29, 0.717) is 30.2 Å². The summed E-state index contributed by atoms with van der Waals surface area (Å²) in [6.07, 6.45) is 2.49. The van der Waals surface area contributed by atoms with Gasteiger partial charge in [-0.3, -0.25) is 14.6 Å². The van der Waals surface area contributed by atoms with Crippen LogP contribution < -0.4 is 15.4 Å². The molecular formula is C23H24N4O3. The topological polar surface area (TPSA) is 93.2 Å². The molecule has 0 aliphatic rings. The number of benzene rings is 1. The van der Waals surface area contributed by atoms with Crippen LogP contribution in [0.4, 0.5) is 5.82 Å². The molecule has 0 bridgehead atoms. The number of carbonyl (C=O) groups is 2. The number of anilines is 1. The summed E-state index contributed by atoms with van der Waals surface area (Å²) >= 11 is 0. The fourth-order valence-corrected chi connectivity index (χ4v) is 2.96. The first-order chi connectivity index (χ1) is 14.4. The molecule has 2 aromatic heterocycles. The molecule has 0 saturated carbocycles. The Kier molecular flexibility index (Phi) is 6.75. The van der Waals surface area contributed by atoms with Crippen LogP contribution in [0.5, 0.6) is 11.5 Å². The molecule has 0 aliphatic heterocycles. The van der Waals surface area contributed by atoms with E-state index in [9.17, 15) is 9.59 Å². The number of amides is 2. The van der Waals surface area contributed by atoms with Gasteiger partial charge >= 0.3 is 0 Å². The van der Waals surface area contributed by atoms with Crippen LogP contribution in [0, 0.1) is 13.8 Å². The fourth-order valence-electron chi connectivity index (χ4n) is 2.96. The minimum atomic E-state index is -0.273. The van der Waals surface area contributed by atoms with Crippen molar-refractivity contribution in [2.75, 3.05) is 12.4 Å². The number of nitrogens with zero attached hydrogens (tertiary/aromatic N) is 2. The molecule has 3 aromatic rings. The van der Waals surface area contributed by atoms with E-state index in [-0.39, 0.29) is 17.5 Å². The van der Waals surface area contributed by atoms with Crippen molar-refractivity contribution >= 4 is 17.6 Å². The van der Waals surface area contributed by atoms with Crippen molar-refractivity contribution in [1.29, 1.82) is 0 Å². The van der Waals surface area contributed by atoms with Crippen LogP contribution in [0.15, 0.2) is 54.7 Å². The Morgan fingerprint density at radius 3 is 2.47 bits per heavy atom. The quantitative estimate of drug-likeness (QED) is 0.624. The average Bonchev–Trinajstić information content (AvgIpc) is 2.72. The van der Waals surface area contributed by atoms with Crippen LogP contribution >= 0.6 is 0 Å². The van der Waals surface area contributed by atoms with Crippen LogP contribution in [-0.4, -0.2) is 28.8 Å². The summed E-state index contributed by atoms with van der Waals surface area (Å²) in [5, 5.41) is 5.37. The Bertz CT molecular complexity index is 1030. The second-order valence-electron chi connectivity index (χ2n) is 6.92. The third-order valence-corrected chi connectivity index (χ3v) is 4.36. The third-order valence-electron chi connectivity index (χ3n) is 4.36. The Labute approximate surface area is 175 Å². The molecular weight excluding hydrogens is 380 g/mol. The van der Waals surface area contributed by atoms with Gasteiger partial charge in [0, 0.05) is 31.4 Å². The monoisotopic (exact) mass is 404 g/mol. The molecule has 7 heteroatoms. The molecule has 3 rings (SSSR count). The van der Waals surface area contributed by atoms with Gasteiger partial charge in [0.1, 0.15) is 23.0 Å². The molecule has 0 saturated heterocycles. The highest BCUT2D eigenvalue weighted by atomic mass is 16.5. The first kappa shape index (κ1) is 21.0. The molecule has 2 amide bonds. The Balaban J connectivity index is 1.54. The van der Waals surface area contributed by atoms with Crippen molar-refractivity contribution in [2.24, 2.45) is 0 Å². The van der Waals surface area contributed by atoms with E-state index < -0.39 is 0 Å². The molecule has 0 spiro atoms. The van der Waals surface area contributed by atoms with Gasteiger partial charge in [-0.1, -0.05) is 12.1 Å². The number of hydrogen-bond donors (Lipinski definition) is 2. The summed E-state index contributed by atoms with van der Waals surface area (Å²) < 4.78 is 5.79. The summed E-state index contributed by atoms with van der Waals surface area (Å²) in [5.41, 5.74) is 3.24. The lowest BCUT2D eigenvalue weighted by atomic mass is 10.1. The van der Waals surface area contributed by atoms with Crippen molar-refractivity contribution in [2.45, 2.75) is 26.7 Å². The van der Waals surface area contributed by atoms with Crippen LogP contribution in [0.3, 0.4) is 0 Å². The van der Waals surface area contributed by atoms with Gasteiger partial charge in [0.2, 0.25) is 5.91 Å². The largest absolute Gasteiger partial charge is 0.457 e. The number of carbonyl (C=O) groups excluding carboxylic acids is 2. The Morgan fingerprint density at radius 1 is 1.00 bits per heavy atom. The number of hydrogen-bond acceptors (Lipinski definition) is 5. The molecule has 154 valence electrons. The Morgan fingerprint density at radius 2 is 1.77 bits per heavy atom. The first-order valence-corrected chi connectivity index (χ1v) is 9.63. The number of aryl methyl sites for hydroxylation is 3. The van der Waals surface area contributed by atoms with Gasteiger partial charge in [0.25, 0.3) is 5.91 Å².